The topological polar surface area (TPSA) is 126 Å². The Morgan fingerprint density at radius 2 is 1.88 bits per heavy atom. The van der Waals surface area contributed by atoms with Crippen LogP contribution in [0.25, 0.3) is 10.8 Å². The van der Waals surface area contributed by atoms with Gasteiger partial charge in [-0.2, -0.15) is 15.2 Å². The molecule has 0 saturated carbocycles. The first-order valence-corrected chi connectivity index (χ1v) is 17.2. The normalized spacial score (nSPS) is 20.1. The van der Waals surface area contributed by atoms with E-state index < -0.39 is 11.4 Å². The summed E-state index contributed by atoms with van der Waals surface area (Å²) in [5.41, 5.74) is 2.22. The number of carbonyl (C=O) groups is 2. The van der Waals surface area contributed by atoms with Crippen LogP contribution in [0.3, 0.4) is 0 Å². The number of carbonyl (C=O) groups excluding carboxylic acids is 1. The highest BCUT2D eigenvalue weighted by Gasteiger charge is 2.34. The maximum atomic E-state index is 12.4. The van der Waals surface area contributed by atoms with E-state index in [4.69, 9.17) is 26.3 Å². The number of carboxylic acid groups (broad SMARTS) is 1. The van der Waals surface area contributed by atoms with Crippen LogP contribution in [0.2, 0.25) is 5.02 Å². The largest absolute Gasteiger partial charge is 0.481 e. The standard InChI is InChI=1S/C36H44ClN7O4/c1-24(45)44-20-19-43(21-26(44)12-15-38)33-28-13-17-42(31-11-5-8-25-7-4-10-29(37)32(25)31)22-30(28)39-35(40-33)48-23-27-9-6-16-41(27)18-14-36(2,3)34(46)47/h4-5,7-8,10-11,26-27H,6,9,12-14,16-23H2,1-3H3,(H,46,47)/t26-,27-/m0/s1. The van der Waals surface area contributed by atoms with Crippen molar-refractivity contribution in [3.8, 4) is 12.1 Å². The number of halogens is 1. The van der Waals surface area contributed by atoms with Crippen LogP contribution in [0.15, 0.2) is 36.4 Å². The Morgan fingerprint density at radius 3 is 2.62 bits per heavy atom. The predicted molar refractivity (Wildman–Crippen MR) is 185 cm³/mol. The number of carboxylic acids is 1. The van der Waals surface area contributed by atoms with E-state index in [9.17, 15) is 20.0 Å². The number of likely N-dealkylation sites (tertiary alicyclic amines) is 1. The van der Waals surface area contributed by atoms with E-state index in [0.717, 1.165) is 65.9 Å². The molecule has 0 spiro atoms. The molecular weight excluding hydrogens is 630 g/mol. The maximum absolute atomic E-state index is 12.4. The summed E-state index contributed by atoms with van der Waals surface area (Å²) in [5, 5.41) is 22.0. The molecule has 2 aromatic carbocycles. The Bertz CT molecular complexity index is 1720. The van der Waals surface area contributed by atoms with Crippen LogP contribution >= 0.6 is 11.6 Å². The van der Waals surface area contributed by atoms with Crippen LogP contribution in [-0.2, 0) is 22.6 Å². The SMILES string of the molecule is CC(=O)N1CCN(c2nc(OC[C@@H]3CCCN3CCC(C)(C)C(=O)O)nc3c2CCN(c2cccc4cccc(Cl)c24)C3)C[C@@H]1CC#N. The minimum atomic E-state index is -0.791. The third-order valence-electron chi connectivity index (χ3n) is 10.2. The molecule has 12 heteroatoms. The number of hydrogen-bond acceptors (Lipinski definition) is 9. The first kappa shape index (κ1) is 33.7. The second-order valence-electron chi connectivity index (χ2n) is 13.8. The van der Waals surface area contributed by atoms with Gasteiger partial charge in [-0.05, 0) is 70.1 Å². The number of piperazine rings is 1. The molecule has 2 saturated heterocycles. The first-order chi connectivity index (χ1) is 23.1. The molecule has 48 heavy (non-hydrogen) atoms. The lowest BCUT2D eigenvalue weighted by Gasteiger charge is -2.42. The molecule has 6 rings (SSSR count). The number of hydrogen-bond donors (Lipinski definition) is 1. The van der Waals surface area contributed by atoms with Gasteiger partial charge in [0.25, 0.3) is 0 Å². The molecule has 2 atom stereocenters. The highest BCUT2D eigenvalue weighted by molar-refractivity contribution is 6.36. The number of fused-ring (bicyclic) bond motifs is 2. The summed E-state index contributed by atoms with van der Waals surface area (Å²) in [7, 11) is 0. The number of rotatable bonds is 10. The van der Waals surface area contributed by atoms with Gasteiger partial charge in [-0.15, -0.1) is 0 Å². The minimum Gasteiger partial charge on any atom is -0.481 e. The van der Waals surface area contributed by atoms with Gasteiger partial charge < -0.3 is 24.5 Å². The Kier molecular flexibility index (Phi) is 9.95. The van der Waals surface area contributed by atoms with Crippen molar-refractivity contribution in [3.05, 3.63) is 52.7 Å². The number of amides is 1. The summed E-state index contributed by atoms with van der Waals surface area (Å²) in [6.07, 6.45) is 3.52. The molecule has 0 unspecified atom stereocenters. The van der Waals surface area contributed by atoms with Gasteiger partial charge in [-0.1, -0.05) is 35.9 Å². The Morgan fingerprint density at radius 1 is 1.08 bits per heavy atom. The lowest BCUT2D eigenvalue weighted by molar-refractivity contribution is -0.147. The molecule has 3 aliphatic heterocycles. The Labute approximate surface area is 287 Å². The van der Waals surface area contributed by atoms with Crippen LogP contribution in [0.5, 0.6) is 6.01 Å². The molecule has 11 nitrogen and oxygen atoms in total. The number of nitriles is 1. The monoisotopic (exact) mass is 673 g/mol. The number of aromatic nitrogens is 2. The first-order valence-electron chi connectivity index (χ1n) is 16.9. The fourth-order valence-electron chi connectivity index (χ4n) is 7.28. The maximum Gasteiger partial charge on any atom is 0.318 e. The summed E-state index contributed by atoms with van der Waals surface area (Å²) >= 11 is 6.72. The van der Waals surface area contributed by atoms with E-state index in [2.05, 4.69) is 45.0 Å². The van der Waals surface area contributed by atoms with Crippen molar-refractivity contribution in [2.24, 2.45) is 5.41 Å². The molecule has 1 amide bonds. The van der Waals surface area contributed by atoms with Gasteiger partial charge in [0.1, 0.15) is 12.4 Å². The molecule has 254 valence electrons. The zero-order valence-corrected chi connectivity index (χ0v) is 28.7. The van der Waals surface area contributed by atoms with Crippen molar-refractivity contribution < 1.29 is 19.4 Å². The Balaban J connectivity index is 1.29. The lowest BCUT2D eigenvalue weighted by atomic mass is 9.89. The summed E-state index contributed by atoms with van der Waals surface area (Å²) < 4.78 is 6.40. The molecule has 1 N–H and O–H groups in total. The summed E-state index contributed by atoms with van der Waals surface area (Å²) in [6, 6.07) is 14.7. The van der Waals surface area contributed by atoms with Gasteiger partial charge in [-0.3, -0.25) is 14.5 Å². The zero-order valence-electron chi connectivity index (χ0n) is 28.0. The highest BCUT2D eigenvalue weighted by Crippen LogP contribution is 2.37. The van der Waals surface area contributed by atoms with E-state index in [1.54, 1.807) is 25.7 Å². The van der Waals surface area contributed by atoms with Crippen LogP contribution in [-0.4, -0.2) is 94.7 Å². The third kappa shape index (κ3) is 7.01. The molecule has 0 bridgehead atoms. The van der Waals surface area contributed by atoms with Crippen molar-refractivity contribution >= 4 is 45.8 Å². The van der Waals surface area contributed by atoms with Crippen molar-refractivity contribution in [3.63, 3.8) is 0 Å². The number of aliphatic carboxylic acids is 1. The molecule has 3 aromatic rings. The number of ether oxygens (including phenoxy) is 1. The fourth-order valence-corrected chi connectivity index (χ4v) is 7.56. The van der Waals surface area contributed by atoms with Gasteiger partial charge in [0.15, 0.2) is 0 Å². The van der Waals surface area contributed by atoms with Crippen molar-refractivity contribution in [2.75, 3.05) is 55.7 Å². The van der Waals surface area contributed by atoms with Gasteiger partial charge in [0, 0.05) is 55.8 Å². The van der Waals surface area contributed by atoms with Gasteiger partial charge >= 0.3 is 12.0 Å². The lowest BCUT2D eigenvalue weighted by Crippen LogP contribution is -2.55. The quantitative estimate of drug-likeness (QED) is 0.309. The average molecular weight is 674 g/mol. The molecule has 0 radical (unpaired) electrons. The van der Waals surface area contributed by atoms with Gasteiger partial charge in [-0.25, -0.2) is 0 Å². The number of nitrogens with zero attached hydrogens (tertiary/aromatic N) is 7. The van der Waals surface area contributed by atoms with Crippen molar-refractivity contribution in [1.29, 1.82) is 5.26 Å². The summed E-state index contributed by atoms with van der Waals surface area (Å²) in [4.78, 5) is 42.7. The second-order valence-corrected chi connectivity index (χ2v) is 14.2. The highest BCUT2D eigenvalue weighted by atomic mass is 35.5. The van der Waals surface area contributed by atoms with E-state index in [1.165, 1.54) is 0 Å². The summed E-state index contributed by atoms with van der Waals surface area (Å²) in [6.45, 7) is 10.0. The van der Waals surface area contributed by atoms with Crippen LogP contribution in [0.1, 0.15) is 57.7 Å². The predicted octanol–water partition coefficient (Wildman–Crippen LogP) is 5.14. The molecular formula is C36H44ClN7O4. The minimum absolute atomic E-state index is 0.0270. The van der Waals surface area contributed by atoms with E-state index in [-0.39, 0.29) is 24.4 Å². The number of benzene rings is 2. The smallest absolute Gasteiger partial charge is 0.318 e. The van der Waals surface area contributed by atoms with Crippen LogP contribution < -0.4 is 14.5 Å². The van der Waals surface area contributed by atoms with Gasteiger partial charge in [0.05, 0.1) is 41.2 Å². The molecule has 4 heterocycles. The van der Waals surface area contributed by atoms with Gasteiger partial charge in [0.2, 0.25) is 5.91 Å². The molecule has 3 aliphatic rings. The van der Waals surface area contributed by atoms with Crippen molar-refractivity contribution in [2.45, 2.75) is 71.5 Å². The van der Waals surface area contributed by atoms with E-state index >= 15 is 0 Å². The van der Waals surface area contributed by atoms with Crippen LogP contribution in [0, 0.1) is 16.7 Å². The Hall–Kier alpha value is -4.14. The second kappa shape index (κ2) is 14.1. The van der Waals surface area contributed by atoms with Crippen LogP contribution in [0.4, 0.5) is 11.5 Å². The number of anilines is 2. The van der Waals surface area contributed by atoms with E-state index in [0.29, 0.717) is 56.8 Å². The molecule has 2 fully saturated rings. The van der Waals surface area contributed by atoms with Crippen molar-refractivity contribution in [1.82, 2.24) is 19.8 Å². The average Bonchev–Trinajstić information content (AvgIpc) is 3.53. The fraction of sp³-hybridized carbons (Fsp3) is 0.528. The summed E-state index contributed by atoms with van der Waals surface area (Å²) in [5.74, 6) is -0.00503. The third-order valence-corrected chi connectivity index (χ3v) is 10.5. The molecule has 0 aliphatic carbocycles. The molecule has 1 aromatic heterocycles. The zero-order chi connectivity index (χ0) is 34.0. The van der Waals surface area contributed by atoms with E-state index in [1.807, 2.05) is 12.1 Å².